The minimum Gasteiger partial charge on any atom is -0.490 e. The van der Waals surface area contributed by atoms with Crippen molar-refractivity contribution in [2.24, 2.45) is 10.7 Å². The molecule has 2 aromatic carbocycles. The number of rotatable bonds is 5. The van der Waals surface area contributed by atoms with E-state index in [4.69, 9.17) is 32.2 Å². The molecule has 0 aromatic heterocycles. The zero-order valence-corrected chi connectivity index (χ0v) is 23.1. The second-order valence-electron chi connectivity index (χ2n) is 11.3. The Hall–Kier alpha value is -3.21. The van der Waals surface area contributed by atoms with E-state index in [9.17, 15) is 9.90 Å². The maximum Gasteiger partial charge on any atom is 0.232 e. The average Bonchev–Trinajstić information content (AvgIpc) is 3.11. The molecule has 3 aliphatic rings. The smallest absolute Gasteiger partial charge is 0.232 e. The van der Waals surface area contributed by atoms with E-state index in [-0.39, 0.29) is 31.5 Å². The van der Waals surface area contributed by atoms with Crippen molar-refractivity contribution < 1.29 is 24.1 Å². The number of aliphatic hydroxyl groups is 1. The van der Waals surface area contributed by atoms with E-state index in [1.54, 1.807) is 14.0 Å². The van der Waals surface area contributed by atoms with Crippen LogP contribution < -0.4 is 20.5 Å². The van der Waals surface area contributed by atoms with Crippen molar-refractivity contribution in [3.8, 4) is 11.5 Å². The molecule has 0 radical (unpaired) electrons. The van der Waals surface area contributed by atoms with Crippen molar-refractivity contribution in [3.05, 3.63) is 59.2 Å². The Bertz CT molecular complexity index is 1330. The first-order valence-corrected chi connectivity index (χ1v) is 13.0. The van der Waals surface area contributed by atoms with Crippen molar-refractivity contribution >= 4 is 29.1 Å². The van der Waals surface area contributed by atoms with Crippen LogP contribution in [0.4, 0.5) is 0 Å². The number of para-hydroxylation sites is 1. The van der Waals surface area contributed by atoms with Gasteiger partial charge in [0.15, 0.2) is 11.6 Å². The lowest BCUT2D eigenvalue weighted by Gasteiger charge is -2.41. The van der Waals surface area contributed by atoms with E-state index >= 15 is 0 Å². The Morgan fingerprint density at radius 1 is 1.21 bits per heavy atom. The third kappa shape index (κ3) is 4.50. The van der Waals surface area contributed by atoms with Gasteiger partial charge in [-0.05, 0) is 52.0 Å². The van der Waals surface area contributed by atoms with Crippen molar-refractivity contribution in [1.82, 2.24) is 10.2 Å². The van der Waals surface area contributed by atoms with Gasteiger partial charge in [0, 0.05) is 23.8 Å². The van der Waals surface area contributed by atoms with Gasteiger partial charge in [0.2, 0.25) is 5.91 Å². The van der Waals surface area contributed by atoms with E-state index < -0.39 is 28.8 Å². The molecule has 0 saturated carbocycles. The molecule has 0 bridgehead atoms. The number of hydrogen-bond donors (Lipinski definition) is 3. The molecule has 2 unspecified atom stereocenters. The third-order valence-electron chi connectivity index (χ3n) is 7.34. The highest BCUT2D eigenvalue weighted by atomic mass is 32.1. The minimum atomic E-state index is -1.18. The number of nitrogens with zero attached hydrogens (tertiary/aromatic N) is 2. The van der Waals surface area contributed by atoms with Crippen LogP contribution in [0.1, 0.15) is 62.9 Å². The Balaban J connectivity index is 1.51. The summed E-state index contributed by atoms with van der Waals surface area (Å²) >= 11 is 5.83. The molecule has 5 rings (SSSR count). The molecular formula is C28H34N4O5S. The summed E-state index contributed by atoms with van der Waals surface area (Å²) in [4.78, 5) is 19.9. The standard InChI is InChI=1S/C28H34N4O5S/c1-26(2)13-21(33)32(25(29)31-26)23-18-12-16(10-11-20(18)37-28(23,4)15-35-5)24(38)30-22-17-8-6-7-9-19(17)36-14-27(22,3)34/h6-12,22-23,34H,13-15H2,1-5H3,(H2,29,31)(H,30,38)/t22-,23?,27-,28?/m1/s1. The molecule has 0 aliphatic carbocycles. The molecule has 0 spiro atoms. The second-order valence-corrected chi connectivity index (χ2v) is 11.7. The first kappa shape index (κ1) is 26.4. The first-order chi connectivity index (χ1) is 17.8. The number of aliphatic imine (C=N–C) groups is 1. The van der Waals surface area contributed by atoms with Crippen LogP contribution in [-0.2, 0) is 9.53 Å². The van der Waals surface area contributed by atoms with Gasteiger partial charge in [0.25, 0.3) is 0 Å². The van der Waals surface area contributed by atoms with Gasteiger partial charge in [-0.3, -0.25) is 9.69 Å². The number of hydrogen-bond acceptors (Lipinski definition) is 8. The Morgan fingerprint density at radius 3 is 2.66 bits per heavy atom. The SMILES string of the molecule is COCC1(C)Oc2ccc(C(=S)N[C@@H]3c4ccccc4OC[C@@]3(C)O)cc2C1N1C(=O)CC(C)(C)N=C1N. The van der Waals surface area contributed by atoms with Gasteiger partial charge in [-0.2, -0.15) is 0 Å². The van der Waals surface area contributed by atoms with Crippen molar-refractivity contribution in [2.45, 2.75) is 62.9 Å². The van der Waals surface area contributed by atoms with Crippen LogP contribution in [-0.4, -0.2) is 63.9 Å². The van der Waals surface area contributed by atoms with Gasteiger partial charge < -0.3 is 30.4 Å². The number of carbonyl (C=O) groups excluding carboxylic acids is 1. The summed E-state index contributed by atoms with van der Waals surface area (Å²) in [6.45, 7) is 7.74. The number of fused-ring (bicyclic) bond motifs is 2. The predicted octanol–water partition coefficient (Wildman–Crippen LogP) is 3.00. The summed E-state index contributed by atoms with van der Waals surface area (Å²) in [5.74, 6) is 1.34. The second kappa shape index (κ2) is 9.21. The molecule has 3 aliphatic heterocycles. The van der Waals surface area contributed by atoms with Gasteiger partial charge in [-0.1, -0.05) is 30.4 Å². The third-order valence-corrected chi connectivity index (χ3v) is 7.69. The van der Waals surface area contributed by atoms with Gasteiger partial charge in [-0.25, -0.2) is 4.99 Å². The lowest BCUT2D eigenvalue weighted by molar-refractivity contribution is -0.135. The number of nitrogens with two attached hydrogens (primary N) is 1. The molecular weight excluding hydrogens is 504 g/mol. The van der Waals surface area contributed by atoms with Crippen LogP contribution in [0.5, 0.6) is 11.5 Å². The quantitative estimate of drug-likeness (QED) is 0.498. The number of ether oxygens (including phenoxy) is 3. The Labute approximate surface area is 228 Å². The molecule has 2 aromatic rings. The number of benzene rings is 2. The molecule has 0 saturated heterocycles. The van der Waals surface area contributed by atoms with Gasteiger partial charge in [0.1, 0.15) is 34.7 Å². The summed E-state index contributed by atoms with van der Waals surface area (Å²) < 4.78 is 17.6. The van der Waals surface area contributed by atoms with Gasteiger partial charge >= 0.3 is 0 Å². The molecule has 1 amide bonds. The number of thiocarbonyl (C=S) groups is 1. The number of nitrogens with one attached hydrogen (secondary N) is 1. The molecule has 202 valence electrons. The first-order valence-electron chi connectivity index (χ1n) is 12.6. The molecule has 4 atom stereocenters. The van der Waals surface area contributed by atoms with Crippen LogP contribution in [0.25, 0.3) is 0 Å². The summed E-state index contributed by atoms with van der Waals surface area (Å²) in [7, 11) is 1.59. The molecule has 9 nitrogen and oxygen atoms in total. The number of carbonyl (C=O) groups is 1. The molecule has 3 heterocycles. The van der Waals surface area contributed by atoms with Crippen molar-refractivity contribution in [2.75, 3.05) is 20.3 Å². The van der Waals surface area contributed by atoms with Crippen LogP contribution >= 0.6 is 12.2 Å². The summed E-state index contributed by atoms with van der Waals surface area (Å²) in [5, 5.41) is 14.5. The van der Waals surface area contributed by atoms with Crippen molar-refractivity contribution in [1.29, 1.82) is 0 Å². The van der Waals surface area contributed by atoms with Crippen molar-refractivity contribution in [3.63, 3.8) is 0 Å². The maximum absolute atomic E-state index is 13.4. The van der Waals surface area contributed by atoms with Gasteiger partial charge in [0.05, 0.1) is 24.6 Å². The lowest BCUT2D eigenvalue weighted by Crippen LogP contribution is -2.57. The van der Waals surface area contributed by atoms with E-state index in [0.29, 0.717) is 22.1 Å². The summed E-state index contributed by atoms with van der Waals surface area (Å²) in [6.07, 6.45) is 0.223. The van der Waals surface area contributed by atoms with E-state index in [2.05, 4.69) is 10.3 Å². The fourth-order valence-corrected chi connectivity index (χ4v) is 5.89. The van der Waals surface area contributed by atoms with Crippen LogP contribution in [0.15, 0.2) is 47.5 Å². The van der Waals surface area contributed by atoms with Gasteiger partial charge in [-0.15, -0.1) is 0 Å². The topological polar surface area (TPSA) is 119 Å². The number of amides is 1. The molecule has 38 heavy (non-hydrogen) atoms. The maximum atomic E-state index is 13.4. The van der Waals surface area contributed by atoms with E-state index in [0.717, 1.165) is 11.1 Å². The average molecular weight is 539 g/mol. The molecule has 0 fully saturated rings. The molecule has 10 heteroatoms. The lowest BCUT2D eigenvalue weighted by atomic mass is 9.87. The monoisotopic (exact) mass is 538 g/mol. The van der Waals surface area contributed by atoms with Crippen LogP contribution in [0.3, 0.4) is 0 Å². The number of guanidine groups is 1. The fraction of sp³-hybridized carbons (Fsp3) is 0.464. The highest BCUT2D eigenvalue weighted by molar-refractivity contribution is 7.80. The largest absolute Gasteiger partial charge is 0.490 e. The highest BCUT2D eigenvalue weighted by Crippen LogP contribution is 2.48. The van der Waals surface area contributed by atoms with E-state index in [1.165, 1.54) is 4.90 Å². The Morgan fingerprint density at radius 2 is 1.95 bits per heavy atom. The number of methoxy groups -OCH3 is 1. The molecule has 4 N–H and O–H groups in total. The minimum absolute atomic E-state index is 0.131. The normalized spacial score (nSPS) is 29.5. The zero-order valence-electron chi connectivity index (χ0n) is 22.3. The fourth-order valence-electron chi connectivity index (χ4n) is 5.64. The van der Waals surface area contributed by atoms with Crippen LogP contribution in [0, 0.1) is 0 Å². The summed E-state index contributed by atoms with van der Waals surface area (Å²) in [5.41, 5.74) is 6.02. The highest BCUT2D eigenvalue weighted by Gasteiger charge is 2.52. The Kier molecular flexibility index (Phi) is 6.40. The predicted molar refractivity (Wildman–Crippen MR) is 147 cm³/mol. The summed E-state index contributed by atoms with van der Waals surface area (Å²) in [6, 6.07) is 12.2. The zero-order chi connectivity index (χ0) is 27.5. The van der Waals surface area contributed by atoms with Crippen LogP contribution in [0.2, 0.25) is 0 Å². The van der Waals surface area contributed by atoms with E-state index in [1.807, 2.05) is 63.2 Å².